The fourth-order valence-corrected chi connectivity index (χ4v) is 3.36. The van der Waals surface area contributed by atoms with Crippen LogP contribution in [0.3, 0.4) is 0 Å². The first-order chi connectivity index (χ1) is 14.5. The van der Waals surface area contributed by atoms with Crippen LogP contribution >= 0.6 is 11.6 Å². The van der Waals surface area contributed by atoms with Crippen molar-refractivity contribution in [3.63, 3.8) is 0 Å². The Bertz CT molecular complexity index is 875. The highest BCUT2D eigenvalue weighted by molar-refractivity contribution is 6.30. The largest absolute Gasteiger partial charge is 0.493 e. The van der Waals surface area contributed by atoms with Gasteiger partial charge in [0.25, 0.3) is 5.91 Å². The predicted molar refractivity (Wildman–Crippen MR) is 129 cm³/mol. The maximum atomic E-state index is 12.3. The van der Waals surface area contributed by atoms with Crippen LogP contribution in [-0.4, -0.2) is 17.7 Å². The minimum Gasteiger partial charge on any atom is -0.493 e. The summed E-state index contributed by atoms with van der Waals surface area (Å²) in [7, 11) is 0. The van der Waals surface area contributed by atoms with Crippen LogP contribution in [0.2, 0.25) is 5.02 Å². The molecule has 4 nitrogen and oxygen atoms in total. The predicted octanol–water partition coefficient (Wildman–Crippen LogP) is 7.30. The molecule has 0 saturated carbocycles. The molecule has 5 heteroatoms. The average Bonchev–Trinajstić information content (AvgIpc) is 2.76. The lowest BCUT2D eigenvalue weighted by molar-refractivity contribution is -0.123. The van der Waals surface area contributed by atoms with Gasteiger partial charge in [-0.05, 0) is 66.0 Å². The molecule has 0 heterocycles. The molecule has 1 amide bonds. The summed E-state index contributed by atoms with van der Waals surface area (Å²) in [6.07, 6.45) is 2.76. The van der Waals surface area contributed by atoms with Crippen molar-refractivity contribution in [3.8, 4) is 5.75 Å². The maximum absolute atomic E-state index is 12.3. The second kappa shape index (κ2) is 10.5. The lowest BCUT2D eigenvalue weighted by atomic mass is 9.76. The number of nitrogens with zero attached hydrogens (tertiary/aromatic N) is 1. The zero-order valence-electron chi connectivity index (χ0n) is 19.7. The first-order valence-corrected chi connectivity index (χ1v) is 11.4. The molecule has 0 unspecified atom stereocenters. The Labute approximate surface area is 192 Å². The molecule has 0 bridgehead atoms. The number of anilines is 1. The van der Waals surface area contributed by atoms with Gasteiger partial charge in [0.15, 0.2) is 0 Å². The number of amides is 1. The van der Waals surface area contributed by atoms with Crippen molar-refractivity contribution in [2.24, 2.45) is 0 Å². The lowest BCUT2D eigenvalue weighted by Gasteiger charge is -2.30. The Kier molecular flexibility index (Phi) is 8.56. The van der Waals surface area contributed by atoms with Gasteiger partial charge < -0.3 is 4.74 Å². The molecule has 170 valence electrons. The van der Waals surface area contributed by atoms with Gasteiger partial charge in [0.05, 0.1) is 12.3 Å². The van der Waals surface area contributed by atoms with Crippen molar-refractivity contribution in [1.82, 2.24) is 0 Å². The molecule has 0 aliphatic rings. The molecule has 2 aromatic rings. The van der Waals surface area contributed by atoms with E-state index < -0.39 is 0 Å². The molecule has 0 radical (unpaired) electrons. The molecule has 2 aromatic carbocycles. The van der Waals surface area contributed by atoms with Gasteiger partial charge >= 0.3 is 0 Å². The molecule has 0 aromatic heterocycles. The van der Waals surface area contributed by atoms with E-state index in [0.29, 0.717) is 28.8 Å². The Balaban J connectivity index is 2.04. The molecule has 1 N–H and O–H groups in total. The van der Waals surface area contributed by atoms with Gasteiger partial charge in [-0.3, -0.25) is 10.0 Å². The monoisotopic (exact) mass is 445 g/mol. The zero-order chi connectivity index (χ0) is 23.2. The Morgan fingerprint density at radius 3 is 2.19 bits per heavy atom. The van der Waals surface area contributed by atoms with Crippen molar-refractivity contribution in [2.75, 3.05) is 11.7 Å². The van der Waals surface area contributed by atoms with Crippen molar-refractivity contribution in [1.29, 1.82) is 0 Å². The highest BCUT2D eigenvalue weighted by atomic mass is 35.5. The molecule has 0 saturated heterocycles. The molecular formula is C26H36ClNO3. The molecular weight excluding hydrogens is 410 g/mol. The van der Waals surface area contributed by atoms with E-state index in [-0.39, 0.29) is 23.2 Å². The molecule has 0 aliphatic carbocycles. The van der Waals surface area contributed by atoms with E-state index in [1.54, 1.807) is 24.3 Å². The fourth-order valence-electron chi connectivity index (χ4n) is 3.24. The Hall–Kier alpha value is -2.04. The summed E-state index contributed by atoms with van der Waals surface area (Å²) in [5.74, 6) is 0.494. The van der Waals surface area contributed by atoms with Crippen LogP contribution in [0.25, 0.3) is 0 Å². The first kappa shape index (κ1) is 25.2. The highest BCUT2D eigenvalue weighted by Crippen LogP contribution is 2.38. The fraction of sp³-hybridized carbons (Fsp3) is 0.500. The van der Waals surface area contributed by atoms with Gasteiger partial charge in [-0.25, -0.2) is 0 Å². The highest BCUT2D eigenvalue weighted by Gasteiger charge is 2.26. The van der Waals surface area contributed by atoms with Gasteiger partial charge in [0.2, 0.25) is 0 Å². The number of carbonyl (C=O) groups excluding carboxylic acids is 1. The van der Waals surface area contributed by atoms with Crippen LogP contribution in [0.5, 0.6) is 5.75 Å². The number of halogens is 1. The van der Waals surface area contributed by atoms with Gasteiger partial charge in [0.1, 0.15) is 5.75 Å². The smallest absolute Gasteiger partial charge is 0.250 e. The Morgan fingerprint density at radius 1 is 1.00 bits per heavy atom. The third-order valence-electron chi connectivity index (χ3n) is 6.36. The van der Waals surface area contributed by atoms with Crippen molar-refractivity contribution >= 4 is 23.2 Å². The number of benzene rings is 2. The second-order valence-corrected chi connectivity index (χ2v) is 9.76. The lowest BCUT2D eigenvalue weighted by Crippen LogP contribution is -2.27. The zero-order valence-corrected chi connectivity index (χ0v) is 20.4. The van der Waals surface area contributed by atoms with Crippen LogP contribution in [0, 0.1) is 0 Å². The summed E-state index contributed by atoms with van der Waals surface area (Å²) in [6, 6.07) is 13.0. The quantitative estimate of drug-likeness (QED) is 0.237. The normalized spacial score (nSPS) is 12.0. The van der Waals surface area contributed by atoms with Crippen LogP contribution in [-0.2, 0) is 15.6 Å². The number of rotatable bonds is 10. The SMILES string of the molecule is CCC(C)(C)c1ccc(OCCCC(=O)N(O)c2ccc(Cl)cc2)c(C(C)(C)CC)c1. The van der Waals surface area contributed by atoms with Crippen LogP contribution in [0.4, 0.5) is 5.69 Å². The third-order valence-corrected chi connectivity index (χ3v) is 6.61. The van der Waals surface area contributed by atoms with E-state index in [4.69, 9.17) is 16.3 Å². The van der Waals surface area contributed by atoms with Gasteiger partial charge in [0, 0.05) is 17.0 Å². The van der Waals surface area contributed by atoms with Gasteiger partial charge in [-0.1, -0.05) is 65.3 Å². The minimum atomic E-state index is -0.375. The molecule has 0 spiro atoms. The summed E-state index contributed by atoms with van der Waals surface area (Å²) in [5.41, 5.74) is 3.01. The van der Waals surface area contributed by atoms with Gasteiger partial charge in [-0.15, -0.1) is 0 Å². The first-order valence-electron chi connectivity index (χ1n) is 11.1. The molecule has 31 heavy (non-hydrogen) atoms. The number of hydroxylamine groups is 1. The molecule has 0 atom stereocenters. The van der Waals surface area contributed by atoms with Gasteiger partial charge in [-0.2, -0.15) is 5.06 Å². The van der Waals surface area contributed by atoms with Crippen LogP contribution in [0.1, 0.15) is 78.4 Å². The van der Waals surface area contributed by atoms with E-state index in [9.17, 15) is 10.0 Å². The van der Waals surface area contributed by atoms with Crippen LogP contribution in [0.15, 0.2) is 42.5 Å². The molecule has 2 rings (SSSR count). The number of hydrogen-bond acceptors (Lipinski definition) is 3. The van der Waals surface area contributed by atoms with Crippen molar-refractivity contribution in [2.45, 2.75) is 78.1 Å². The number of carbonyl (C=O) groups is 1. The molecule has 0 aliphatic heterocycles. The van der Waals surface area contributed by atoms with Crippen LogP contribution < -0.4 is 9.80 Å². The average molecular weight is 446 g/mol. The summed E-state index contributed by atoms with van der Waals surface area (Å²) in [5, 5.41) is 11.3. The minimum absolute atomic E-state index is 0.0124. The standard InChI is InChI=1S/C26H36ClNO3/c1-7-25(3,4)19-11-16-23(22(18-19)26(5,6)8-2)31-17-9-10-24(29)28(30)21-14-12-20(27)13-15-21/h11-16,18,30H,7-10,17H2,1-6H3. The van der Waals surface area contributed by atoms with E-state index in [2.05, 4.69) is 59.7 Å². The van der Waals surface area contributed by atoms with E-state index in [1.807, 2.05) is 0 Å². The topological polar surface area (TPSA) is 49.8 Å². The van der Waals surface area contributed by atoms with Crippen molar-refractivity contribution < 1.29 is 14.7 Å². The third kappa shape index (κ3) is 6.47. The molecule has 0 fully saturated rings. The summed E-state index contributed by atoms with van der Waals surface area (Å²) < 4.78 is 6.11. The summed E-state index contributed by atoms with van der Waals surface area (Å²) >= 11 is 5.85. The maximum Gasteiger partial charge on any atom is 0.250 e. The van der Waals surface area contributed by atoms with E-state index >= 15 is 0 Å². The second-order valence-electron chi connectivity index (χ2n) is 9.32. The summed E-state index contributed by atoms with van der Waals surface area (Å²) in [6.45, 7) is 13.8. The number of ether oxygens (including phenoxy) is 1. The number of hydrogen-bond donors (Lipinski definition) is 1. The van der Waals surface area contributed by atoms with E-state index in [0.717, 1.165) is 18.6 Å². The van der Waals surface area contributed by atoms with Crippen molar-refractivity contribution in [3.05, 3.63) is 58.6 Å². The Morgan fingerprint density at radius 2 is 1.61 bits per heavy atom. The summed E-state index contributed by atoms with van der Waals surface area (Å²) in [4.78, 5) is 12.3. The van der Waals surface area contributed by atoms with E-state index in [1.165, 1.54) is 11.1 Å².